The fourth-order valence-electron chi connectivity index (χ4n) is 2.17. The van der Waals surface area contributed by atoms with Crippen LogP contribution in [0.2, 0.25) is 0 Å². The molecular weight excluding hydrogens is 262 g/mol. The minimum atomic E-state index is 0.308. The molecule has 2 rings (SSSR count). The molecule has 2 unspecified atom stereocenters. The van der Waals surface area contributed by atoms with Crippen molar-refractivity contribution < 1.29 is 0 Å². The summed E-state index contributed by atoms with van der Waals surface area (Å²) in [5.74, 6) is 0. The average molecular weight is 283 g/mol. The Kier molecular flexibility index (Phi) is 4.67. The molecule has 2 heterocycles. The predicted molar refractivity (Wildman–Crippen MR) is 81.7 cm³/mol. The zero-order valence-electron chi connectivity index (χ0n) is 11.5. The number of aliphatic imine (C=N–C) groups is 1. The van der Waals surface area contributed by atoms with Crippen molar-refractivity contribution in [1.82, 2.24) is 10.3 Å². The molecule has 1 aliphatic heterocycles. The van der Waals surface area contributed by atoms with Crippen molar-refractivity contribution in [2.75, 3.05) is 6.54 Å². The molecule has 3 nitrogen and oxygen atoms in total. The molecule has 2 atom stereocenters. The Hall–Kier alpha value is -0.550. The summed E-state index contributed by atoms with van der Waals surface area (Å²) in [6, 6.07) is 0.308. The molecule has 0 saturated carbocycles. The van der Waals surface area contributed by atoms with Gasteiger partial charge in [-0.2, -0.15) is 0 Å². The second-order valence-corrected chi connectivity index (χ2v) is 7.25. The molecule has 0 aromatic carbocycles. The average Bonchev–Trinajstić information content (AvgIpc) is 2.86. The molecule has 0 aliphatic carbocycles. The third kappa shape index (κ3) is 3.26. The second-order valence-electron chi connectivity index (χ2n) is 4.72. The first-order chi connectivity index (χ1) is 8.60. The maximum atomic E-state index is 4.59. The summed E-state index contributed by atoms with van der Waals surface area (Å²) in [7, 11) is 0. The number of aromatic nitrogens is 1. The molecular formula is C13H21N3S2. The summed E-state index contributed by atoms with van der Waals surface area (Å²) < 4.78 is 0. The maximum Gasteiger partial charge on any atom is 0.157 e. The molecule has 5 heteroatoms. The number of rotatable bonds is 4. The maximum absolute atomic E-state index is 4.59. The lowest BCUT2D eigenvalue weighted by atomic mass is 10.2. The van der Waals surface area contributed by atoms with Gasteiger partial charge < -0.3 is 5.32 Å². The van der Waals surface area contributed by atoms with Crippen LogP contribution in [0.1, 0.15) is 48.3 Å². The van der Waals surface area contributed by atoms with E-state index in [-0.39, 0.29) is 0 Å². The van der Waals surface area contributed by atoms with E-state index >= 15 is 0 Å². The highest BCUT2D eigenvalue weighted by atomic mass is 32.2. The fourth-order valence-corrected chi connectivity index (χ4v) is 4.31. The van der Waals surface area contributed by atoms with E-state index in [0.29, 0.717) is 11.3 Å². The fraction of sp³-hybridized carbons (Fsp3) is 0.692. The molecule has 1 aliphatic rings. The first-order valence-electron chi connectivity index (χ1n) is 6.51. The van der Waals surface area contributed by atoms with Crippen LogP contribution in [0.15, 0.2) is 4.99 Å². The van der Waals surface area contributed by atoms with E-state index in [4.69, 9.17) is 0 Å². The quantitative estimate of drug-likeness (QED) is 0.916. The van der Waals surface area contributed by atoms with Crippen LogP contribution in [0.4, 0.5) is 0 Å². The molecule has 1 aromatic rings. The van der Waals surface area contributed by atoms with Crippen LogP contribution in [0, 0.1) is 13.8 Å². The SMILES string of the molecule is CCCC1CN=C(NC(C)c2sc(C)nc2C)S1. The van der Waals surface area contributed by atoms with Crippen LogP contribution in [0.5, 0.6) is 0 Å². The number of hydrogen-bond acceptors (Lipinski definition) is 5. The molecule has 18 heavy (non-hydrogen) atoms. The normalized spacial score (nSPS) is 20.9. The Balaban J connectivity index is 1.93. The Bertz CT molecular complexity index is 439. The highest BCUT2D eigenvalue weighted by molar-refractivity contribution is 8.14. The summed E-state index contributed by atoms with van der Waals surface area (Å²) in [4.78, 5) is 10.4. The molecule has 1 N–H and O–H groups in total. The lowest BCUT2D eigenvalue weighted by Crippen LogP contribution is -2.23. The van der Waals surface area contributed by atoms with Gasteiger partial charge in [0.15, 0.2) is 5.17 Å². The molecule has 100 valence electrons. The summed E-state index contributed by atoms with van der Waals surface area (Å²) in [6.45, 7) is 9.54. The predicted octanol–water partition coefficient (Wildman–Crippen LogP) is 3.68. The van der Waals surface area contributed by atoms with Gasteiger partial charge in [-0.1, -0.05) is 25.1 Å². The summed E-state index contributed by atoms with van der Waals surface area (Å²) >= 11 is 3.67. The Morgan fingerprint density at radius 3 is 2.83 bits per heavy atom. The first kappa shape index (κ1) is 13.9. The van der Waals surface area contributed by atoms with Gasteiger partial charge in [0, 0.05) is 10.1 Å². The van der Waals surface area contributed by atoms with Crippen molar-refractivity contribution in [3.8, 4) is 0 Å². The van der Waals surface area contributed by atoms with Gasteiger partial charge in [0.1, 0.15) is 0 Å². The van der Waals surface area contributed by atoms with Crippen LogP contribution < -0.4 is 5.32 Å². The highest BCUT2D eigenvalue weighted by Gasteiger charge is 2.21. The van der Waals surface area contributed by atoms with Gasteiger partial charge in [-0.15, -0.1) is 11.3 Å². The van der Waals surface area contributed by atoms with Gasteiger partial charge in [-0.05, 0) is 27.2 Å². The molecule has 0 spiro atoms. The molecule has 0 saturated heterocycles. The van der Waals surface area contributed by atoms with Gasteiger partial charge >= 0.3 is 0 Å². The van der Waals surface area contributed by atoms with Gasteiger partial charge in [0.25, 0.3) is 0 Å². The topological polar surface area (TPSA) is 37.3 Å². The summed E-state index contributed by atoms with van der Waals surface area (Å²) in [6.07, 6.45) is 2.50. The second kappa shape index (κ2) is 6.06. The number of thioether (sulfide) groups is 1. The van der Waals surface area contributed by atoms with Crippen molar-refractivity contribution in [3.05, 3.63) is 15.6 Å². The zero-order chi connectivity index (χ0) is 13.1. The minimum Gasteiger partial charge on any atom is -0.358 e. The van der Waals surface area contributed by atoms with Crippen molar-refractivity contribution in [1.29, 1.82) is 0 Å². The summed E-state index contributed by atoms with van der Waals surface area (Å²) in [5, 5.41) is 6.44. The molecule has 0 bridgehead atoms. The van der Waals surface area contributed by atoms with Gasteiger partial charge in [0.2, 0.25) is 0 Å². The van der Waals surface area contributed by atoms with E-state index in [2.05, 4.69) is 43.0 Å². The number of thiazole rings is 1. The van der Waals surface area contributed by atoms with Crippen LogP contribution in [-0.2, 0) is 0 Å². The largest absolute Gasteiger partial charge is 0.358 e. The molecule has 0 radical (unpaired) electrons. The van der Waals surface area contributed by atoms with E-state index in [1.165, 1.54) is 17.7 Å². The molecule has 0 amide bonds. The monoisotopic (exact) mass is 283 g/mol. The smallest absolute Gasteiger partial charge is 0.157 e. The van der Waals surface area contributed by atoms with Crippen molar-refractivity contribution in [3.63, 3.8) is 0 Å². The van der Waals surface area contributed by atoms with Crippen molar-refractivity contribution in [2.45, 2.75) is 51.8 Å². The summed E-state index contributed by atoms with van der Waals surface area (Å²) in [5.41, 5.74) is 1.14. The van der Waals surface area contributed by atoms with Crippen LogP contribution in [-0.4, -0.2) is 21.9 Å². The standard InChI is InChI=1S/C13H21N3S2/c1-5-6-11-7-14-13(18-11)16-9(3)12-8(2)15-10(4)17-12/h9,11H,5-7H2,1-4H3,(H,14,16). The lowest BCUT2D eigenvalue weighted by Gasteiger charge is -2.14. The number of aryl methyl sites for hydroxylation is 2. The third-order valence-corrected chi connectivity index (χ3v) is 5.44. The van der Waals surface area contributed by atoms with E-state index in [9.17, 15) is 0 Å². The van der Waals surface area contributed by atoms with E-state index in [1.807, 2.05) is 11.8 Å². The number of nitrogens with zero attached hydrogens (tertiary/aromatic N) is 2. The van der Waals surface area contributed by atoms with Crippen LogP contribution in [0.25, 0.3) is 0 Å². The Morgan fingerprint density at radius 1 is 1.44 bits per heavy atom. The van der Waals surface area contributed by atoms with Gasteiger partial charge in [-0.3, -0.25) is 4.99 Å². The van der Waals surface area contributed by atoms with E-state index < -0.39 is 0 Å². The van der Waals surface area contributed by atoms with E-state index in [1.54, 1.807) is 11.3 Å². The highest BCUT2D eigenvalue weighted by Crippen LogP contribution is 2.28. The molecule has 0 fully saturated rings. The zero-order valence-corrected chi connectivity index (χ0v) is 13.1. The number of nitrogens with one attached hydrogen (secondary N) is 1. The first-order valence-corrected chi connectivity index (χ1v) is 8.21. The number of amidine groups is 1. The lowest BCUT2D eigenvalue weighted by molar-refractivity contribution is 0.726. The third-order valence-electron chi connectivity index (χ3n) is 3.00. The van der Waals surface area contributed by atoms with Gasteiger partial charge in [-0.25, -0.2) is 4.98 Å². The number of hydrogen-bond donors (Lipinski definition) is 1. The Morgan fingerprint density at radius 2 is 2.22 bits per heavy atom. The van der Waals surface area contributed by atoms with Crippen LogP contribution in [0.3, 0.4) is 0 Å². The minimum absolute atomic E-state index is 0.308. The van der Waals surface area contributed by atoms with Crippen LogP contribution >= 0.6 is 23.1 Å². The van der Waals surface area contributed by atoms with Crippen molar-refractivity contribution in [2.24, 2.45) is 4.99 Å². The molecule has 1 aromatic heterocycles. The van der Waals surface area contributed by atoms with Gasteiger partial charge in [0.05, 0.1) is 23.3 Å². The van der Waals surface area contributed by atoms with Crippen molar-refractivity contribution >= 4 is 28.3 Å². The van der Waals surface area contributed by atoms with E-state index in [0.717, 1.165) is 22.4 Å². The Labute approximate surface area is 118 Å².